The first-order valence-corrected chi connectivity index (χ1v) is 9.99. The van der Waals surface area contributed by atoms with Gasteiger partial charge in [0.25, 0.3) is 0 Å². The molecule has 2 heterocycles. The number of aromatic nitrogens is 2. The van der Waals surface area contributed by atoms with Crippen LogP contribution < -0.4 is 0 Å². The summed E-state index contributed by atoms with van der Waals surface area (Å²) in [5, 5.41) is 4.02. The van der Waals surface area contributed by atoms with Crippen LogP contribution in [0.25, 0.3) is 0 Å². The van der Waals surface area contributed by atoms with Crippen molar-refractivity contribution in [3.05, 3.63) is 11.7 Å². The van der Waals surface area contributed by atoms with Gasteiger partial charge in [-0.1, -0.05) is 28.0 Å². The van der Waals surface area contributed by atoms with Gasteiger partial charge in [0.2, 0.25) is 11.8 Å². The molecule has 0 aromatic carbocycles. The van der Waals surface area contributed by atoms with Gasteiger partial charge in [0.05, 0.1) is 12.0 Å². The third kappa shape index (κ3) is 2.79. The summed E-state index contributed by atoms with van der Waals surface area (Å²) in [6.07, 6.45) is 5.32. The monoisotopic (exact) mass is 396 g/mol. The van der Waals surface area contributed by atoms with E-state index in [2.05, 4.69) is 35.9 Å². The number of rotatable bonds is 4. The lowest BCUT2D eigenvalue weighted by molar-refractivity contribution is -0.143. The van der Waals surface area contributed by atoms with Crippen LogP contribution in [0.4, 0.5) is 0 Å². The Balaban J connectivity index is 1.33. The molecule has 3 fully saturated rings. The molecule has 3 unspecified atom stereocenters. The van der Waals surface area contributed by atoms with Gasteiger partial charge in [-0.15, -0.1) is 0 Å². The number of carbonyl (C=O) groups is 1. The van der Waals surface area contributed by atoms with Gasteiger partial charge in [0.15, 0.2) is 5.82 Å². The van der Waals surface area contributed by atoms with Crippen LogP contribution in [-0.2, 0) is 17.8 Å². The Labute approximate surface area is 151 Å². The molecule has 3 atom stereocenters. The number of nitrogens with zero attached hydrogens (tertiary/aromatic N) is 4. The topological polar surface area (TPSA) is 62.5 Å². The minimum Gasteiger partial charge on any atom is -0.340 e. The molecule has 4 rings (SSSR count). The Morgan fingerprint density at radius 1 is 1.38 bits per heavy atom. The Morgan fingerprint density at radius 3 is 2.75 bits per heavy atom. The third-order valence-electron chi connectivity index (χ3n) is 6.05. The number of hydrogen-bond donors (Lipinski definition) is 0. The molecule has 1 aromatic heterocycles. The molecule has 1 amide bonds. The minimum atomic E-state index is -0.115. The zero-order chi connectivity index (χ0) is 16.7. The molecule has 0 N–H and O–H groups in total. The first kappa shape index (κ1) is 16.5. The molecule has 2 saturated carbocycles. The molecule has 3 aliphatic rings. The Hall–Kier alpha value is -0.950. The van der Waals surface area contributed by atoms with E-state index in [1.807, 2.05) is 6.92 Å². The zero-order valence-corrected chi connectivity index (χ0v) is 15.8. The quantitative estimate of drug-likeness (QED) is 0.730. The summed E-state index contributed by atoms with van der Waals surface area (Å²) in [7, 11) is 0. The molecule has 0 radical (unpaired) electrons. The van der Waals surface area contributed by atoms with E-state index in [0.717, 1.165) is 57.2 Å². The van der Waals surface area contributed by atoms with E-state index in [9.17, 15) is 4.79 Å². The fourth-order valence-electron chi connectivity index (χ4n) is 4.64. The van der Waals surface area contributed by atoms with Crippen LogP contribution in [0, 0.1) is 11.3 Å². The molecule has 1 aromatic rings. The summed E-state index contributed by atoms with van der Waals surface area (Å²) in [6.45, 7) is 6.10. The highest BCUT2D eigenvalue weighted by Crippen LogP contribution is 2.57. The Kier molecular flexibility index (Phi) is 4.41. The first-order valence-electron chi connectivity index (χ1n) is 9.08. The van der Waals surface area contributed by atoms with Crippen molar-refractivity contribution in [1.29, 1.82) is 0 Å². The highest BCUT2D eigenvalue weighted by Gasteiger charge is 2.57. The number of piperazine rings is 1. The average Bonchev–Trinajstić information content (AvgIpc) is 3.29. The highest BCUT2D eigenvalue weighted by molar-refractivity contribution is 9.09. The van der Waals surface area contributed by atoms with E-state index in [-0.39, 0.29) is 5.41 Å². The molecule has 6 nitrogen and oxygen atoms in total. The summed E-state index contributed by atoms with van der Waals surface area (Å²) in [6, 6.07) is 0. The van der Waals surface area contributed by atoms with Crippen LogP contribution in [0.1, 0.15) is 44.3 Å². The van der Waals surface area contributed by atoms with Crippen molar-refractivity contribution in [2.75, 3.05) is 26.2 Å². The molecule has 1 saturated heterocycles. The van der Waals surface area contributed by atoms with Gasteiger partial charge >= 0.3 is 0 Å². The average molecular weight is 397 g/mol. The minimum absolute atomic E-state index is 0.115. The second kappa shape index (κ2) is 6.41. The van der Waals surface area contributed by atoms with E-state index >= 15 is 0 Å². The number of fused-ring (bicyclic) bond motifs is 2. The van der Waals surface area contributed by atoms with E-state index < -0.39 is 0 Å². The lowest BCUT2D eigenvalue weighted by Crippen LogP contribution is -2.53. The van der Waals surface area contributed by atoms with Crippen LogP contribution in [0.5, 0.6) is 0 Å². The van der Waals surface area contributed by atoms with Crippen molar-refractivity contribution >= 4 is 21.8 Å². The maximum absolute atomic E-state index is 13.1. The largest absolute Gasteiger partial charge is 0.340 e. The lowest BCUT2D eigenvalue weighted by atomic mass is 9.82. The van der Waals surface area contributed by atoms with Crippen molar-refractivity contribution in [1.82, 2.24) is 19.9 Å². The summed E-state index contributed by atoms with van der Waals surface area (Å²) in [4.78, 5) is 22.3. The molecular formula is C17H25BrN4O2. The molecule has 2 bridgehead atoms. The van der Waals surface area contributed by atoms with Crippen molar-refractivity contribution < 1.29 is 9.32 Å². The van der Waals surface area contributed by atoms with E-state index in [1.165, 1.54) is 12.8 Å². The van der Waals surface area contributed by atoms with Crippen molar-refractivity contribution in [3.8, 4) is 0 Å². The molecule has 132 valence electrons. The van der Waals surface area contributed by atoms with E-state index in [0.29, 0.717) is 23.2 Å². The van der Waals surface area contributed by atoms with Gasteiger partial charge in [-0.3, -0.25) is 9.69 Å². The van der Waals surface area contributed by atoms with Crippen molar-refractivity contribution in [2.45, 2.75) is 50.4 Å². The Bertz CT molecular complexity index is 613. The molecular weight excluding hydrogens is 372 g/mol. The van der Waals surface area contributed by atoms with Gasteiger partial charge in [-0.05, 0) is 31.6 Å². The molecule has 1 aliphatic heterocycles. The first-order chi connectivity index (χ1) is 11.6. The number of carbonyl (C=O) groups excluding carboxylic acids is 1. The smallest absolute Gasteiger partial charge is 0.230 e. The number of hydrogen-bond acceptors (Lipinski definition) is 5. The number of alkyl halides is 1. The van der Waals surface area contributed by atoms with E-state index in [4.69, 9.17) is 4.52 Å². The van der Waals surface area contributed by atoms with Gasteiger partial charge < -0.3 is 9.42 Å². The number of amides is 1. The van der Waals surface area contributed by atoms with Crippen molar-refractivity contribution in [3.63, 3.8) is 0 Å². The fraction of sp³-hybridized carbons (Fsp3) is 0.824. The van der Waals surface area contributed by atoms with Crippen molar-refractivity contribution in [2.24, 2.45) is 11.3 Å². The van der Waals surface area contributed by atoms with Crippen LogP contribution >= 0.6 is 15.9 Å². The molecule has 2 aliphatic carbocycles. The molecule has 0 spiro atoms. The molecule has 24 heavy (non-hydrogen) atoms. The predicted octanol–water partition coefficient (Wildman–Crippen LogP) is 2.23. The SMILES string of the molecule is CCc1nc(CN2CCN(C(=O)C34CCC(CC3Br)C4)CC2)no1. The van der Waals surface area contributed by atoms with Crippen LogP contribution in [0.2, 0.25) is 0 Å². The second-order valence-corrected chi connectivity index (χ2v) is 8.60. The number of halogens is 1. The van der Waals surface area contributed by atoms with Gasteiger partial charge in [0.1, 0.15) is 0 Å². The second-order valence-electron chi connectivity index (χ2n) is 7.49. The third-order valence-corrected chi connectivity index (χ3v) is 7.30. The van der Waals surface area contributed by atoms with Gasteiger partial charge in [-0.2, -0.15) is 4.98 Å². The Morgan fingerprint density at radius 2 is 2.17 bits per heavy atom. The molecule has 7 heteroatoms. The summed E-state index contributed by atoms with van der Waals surface area (Å²) >= 11 is 3.80. The fourth-order valence-corrected chi connectivity index (χ4v) is 5.78. The summed E-state index contributed by atoms with van der Waals surface area (Å²) in [5.74, 6) is 2.58. The lowest BCUT2D eigenvalue weighted by Gasteiger charge is -2.40. The standard InChI is InChI=1S/C17H25BrN4O2/c1-2-15-19-14(20-24-15)11-21-5-7-22(8-6-21)16(23)17-4-3-12(10-17)9-13(17)18/h12-13H,2-11H2,1H3. The van der Waals surface area contributed by atoms with Crippen LogP contribution in [0.15, 0.2) is 4.52 Å². The predicted molar refractivity (Wildman–Crippen MR) is 92.6 cm³/mol. The summed E-state index contributed by atoms with van der Waals surface area (Å²) < 4.78 is 5.17. The zero-order valence-electron chi connectivity index (χ0n) is 14.2. The normalized spacial score (nSPS) is 33.3. The number of aryl methyl sites for hydroxylation is 1. The van der Waals surface area contributed by atoms with Crippen LogP contribution in [0.3, 0.4) is 0 Å². The highest BCUT2D eigenvalue weighted by atomic mass is 79.9. The maximum Gasteiger partial charge on any atom is 0.230 e. The maximum atomic E-state index is 13.1. The van der Waals surface area contributed by atoms with Crippen LogP contribution in [-0.4, -0.2) is 56.9 Å². The van der Waals surface area contributed by atoms with E-state index in [1.54, 1.807) is 0 Å². The van der Waals surface area contributed by atoms with Gasteiger partial charge in [-0.25, -0.2) is 0 Å². The van der Waals surface area contributed by atoms with Gasteiger partial charge in [0, 0.05) is 37.4 Å². The summed E-state index contributed by atoms with van der Waals surface area (Å²) in [5.41, 5.74) is -0.115.